The van der Waals surface area contributed by atoms with Crippen molar-refractivity contribution in [3.05, 3.63) is 21.7 Å². The molecule has 1 atom stereocenters. The number of aromatic amines is 1. The van der Waals surface area contributed by atoms with Gasteiger partial charge in [-0.25, -0.2) is 4.98 Å². The molecule has 0 bridgehead atoms. The number of carbonyl (C=O) groups is 1. The minimum atomic E-state index is -0.750. The van der Waals surface area contributed by atoms with E-state index in [2.05, 4.69) is 9.97 Å². The van der Waals surface area contributed by atoms with Crippen molar-refractivity contribution in [1.82, 2.24) is 9.97 Å². The Kier molecular flexibility index (Phi) is 3.05. The summed E-state index contributed by atoms with van der Waals surface area (Å²) in [6.45, 7) is 1.94. The first kappa shape index (κ1) is 11.3. The Morgan fingerprint density at radius 2 is 2.44 bits per heavy atom. The van der Waals surface area contributed by atoms with E-state index in [1.807, 2.05) is 6.92 Å². The number of nitrogens with zero attached hydrogens (tertiary/aromatic N) is 1. The Balaban J connectivity index is 2.45. The second-order valence-corrected chi connectivity index (χ2v) is 4.60. The summed E-state index contributed by atoms with van der Waals surface area (Å²) in [6, 6.07) is 0. The normalized spacial score (nSPS) is 19.2. The average Bonchev–Trinajstić information content (AvgIpc) is 2.15. The molecule has 1 unspecified atom stereocenters. The molecule has 86 valence electrons. The van der Waals surface area contributed by atoms with Crippen LogP contribution >= 0.6 is 12.2 Å². The standard InChI is InChI=1S/C11H14N2O2S/c1-6-10-7(5-9(14)15)3-2-4-8(10)13-11(16)12-6/h7H,2-5H2,1H3,(H,14,15)(H,12,13,16). The van der Waals surface area contributed by atoms with Gasteiger partial charge in [-0.15, -0.1) is 0 Å². The summed E-state index contributed by atoms with van der Waals surface area (Å²) in [5.74, 6) is -0.666. The lowest BCUT2D eigenvalue weighted by molar-refractivity contribution is -0.137. The van der Waals surface area contributed by atoms with E-state index >= 15 is 0 Å². The van der Waals surface area contributed by atoms with Gasteiger partial charge >= 0.3 is 5.97 Å². The first-order valence-corrected chi connectivity index (χ1v) is 5.80. The van der Waals surface area contributed by atoms with Crippen molar-refractivity contribution in [2.75, 3.05) is 0 Å². The van der Waals surface area contributed by atoms with Gasteiger partial charge in [0.2, 0.25) is 0 Å². The molecular formula is C11H14N2O2S. The van der Waals surface area contributed by atoms with Crippen LogP contribution in [-0.4, -0.2) is 21.0 Å². The second-order valence-electron chi connectivity index (χ2n) is 4.21. The molecule has 0 saturated carbocycles. The van der Waals surface area contributed by atoms with Gasteiger partial charge in [0.25, 0.3) is 0 Å². The fraction of sp³-hybridized carbons (Fsp3) is 0.545. The first-order valence-electron chi connectivity index (χ1n) is 5.39. The number of hydrogen-bond donors (Lipinski definition) is 2. The molecule has 1 heterocycles. The quantitative estimate of drug-likeness (QED) is 0.776. The summed E-state index contributed by atoms with van der Waals surface area (Å²) in [5, 5.41) is 8.89. The van der Waals surface area contributed by atoms with Crippen molar-refractivity contribution < 1.29 is 9.90 Å². The van der Waals surface area contributed by atoms with Gasteiger partial charge in [0.15, 0.2) is 4.77 Å². The third-order valence-electron chi connectivity index (χ3n) is 3.04. The lowest BCUT2D eigenvalue weighted by Crippen LogP contribution is -2.17. The highest BCUT2D eigenvalue weighted by Gasteiger charge is 2.25. The number of aromatic nitrogens is 2. The Morgan fingerprint density at radius 3 is 3.12 bits per heavy atom. The van der Waals surface area contributed by atoms with Crippen LogP contribution in [0.3, 0.4) is 0 Å². The predicted octanol–water partition coefficient (Wildman–Crippen LogP) is 2.34. The van der Waals surface area contributed by atoms with E-state index in [0.717, 1.165) is 36.2 Å². The lowest BCUT2D eigenvalue weighted by Gasteiger charge is -2.24. The van der Waals surface area contributed by atoms with Gasteiger partial charge in [0, 0.05) is 11.4 Å². The van der Waals surface area contributed by atoms with Gasteiger partial charge < -0.3 is 10.1 Å². The minimum absolute atomic E-state index is 0.0839. The molecule has 16 heavy (non-hydrogen) atoms. The van der Waals surface area contributed by atoms with Gasteiger partial charge in [-0.2, -0.15) is 0 Å². The molecule has 0 spiro atoms. The van der Waals surface area contributed by atoms with Gasteiger partial charge in [0.05, 0.1) is 6.42 Å². The zero-order valence-electron chi connectivity index (χ0n) is 9.12. The highest BCUT2D eigenvalue weighted by molar-refractivity contribution is 7.71. The maximum atomic E-state index is 10.8. The van der Waals surface area contributed by atoms with Crippen molar-refractivity contribution in [1.29, 1.82) is 0 Å². The number of aliphatic carboxylic acids is 1. The molecule has 2 rings (SSSR count). The third-order valence-corrected chi connectivity index (χ3v) is 3.23. The summed E-state index contributed by atoms with van der Waals surface area (Å²) in [5.41, 5.74) is 3.03. The van der Waals surface area contributed by atoms with E-state index in [-0.39, 0.29) is 12.3 Å². The fourth-order valence-corrected chi connectivity index (χ4v) is 2.73. The van der Waals surface area contributed by atoms with Crippen LogP contribution in [-0.2, 0) is 11.2 Å². The summed E-state index contributed by atoms with van der Waals surface area (Å²) < 4.78 is 0.493. The largest absolute Gasteiger partial charge is 0.481 e. The molecule has 1 aromatic heterocycles. The molecule has 1 aliphatic carbocycles. The van der Waals surface area contributed by atoms with Crippen LogP contribution in [0.2, 0.25) is 0 Å². The molecule has 4 nitrogen and oxygen atoms in total. The first-order chi connectivity index (χ1) is 7.58. The Bertz CT molecular complexity index is 481. The predicted molar refractivity (Wildman–Crippen MR) is 62.1 cm³/mol. The smallest absolute Gasteiger partial charge is 0.303 e. The van der Waals surface area contributed by atoms with Crippen LogP contribution in [0.1, 0.15) is 42.1 Å². The van der Waals surface area contributed by atoms with Gasteiger partial charge in [0.1, 0.15) is 0 Å². The summed E-state index contributed by atoms with van der Waals surface area (Å²) >= 11 is 5.03. The summed E-state index contributed by atoms with van der Waals surface area (Å²) in [7, 11) is 0. The average molecular weight is 238 g/mol. The number of rotatable bonds is 2. The van der Waals surface area contributed by atoms with Gasteiger partial charge in [-0.1, -0.05) is 0 Å². The molecule has 2 N–H and O–H groups in total. The van der Waals surface area contributed by atoms with Gasteiger partial charge in [-0.05, 0) is 49.9 Å². The maximum Gasteiger partial charge on any atom is 0.303 e. The highest BCUT2D eigenvalue weighted by Crippen LogP contribution is 2.34. The molecule has 1 aliphatic rings. The summed E-state index contributed by atoms with van der Waals surface area (Å²) in [6.07, 6.45) is 3.01. The molecule has 0 amide bonds. The monoisotopic (exact) mass is 238 g/mol. The molecule has 0 saturated heterocycles. The summed E-state index contributed by atoms with van der Waals surface area (Å²) in [4.78, 5) is 18.1. The number of carboxylic acid groups (broad SMARTS) is 1. The fourth-order valence-electron chi connectivity index (χ4n) is 2.46. The van der Waals surface area contributed by atoms with E-state index in [9.17, 15) is 4.79 Å². The van der Waals surface area contributed by atoms with E-state index in [1.165, 1.54) is 0 Å². The van der Waals surface area contributed by atoms with Crippen LogP contribution < -0.4 is 0 Å². The van der Waals surface area contributed by atoms with Crippen LogP contribution in [0, 0.1) is 11.7 Å². The van der Waals surface area contributed by atoms with Crippen LogP contribution in [0.25, 0.3) is 0 Å². The Morgan fingerprint density at radius 1 is 1.69 bits per heavy atom. The van der Waals surface area contributed by atoms with Gasteiger partial charge in [-0.3, -0.25) is 4.79 Å². The van der Waals surface area contributed by atoms with Crippen LogP contribution in [0.4, 0.5) is 0 Å². The molecule has 1 aromatic rings. The Labute approximate surface area is 98.7 Å². The van der Waals surface area contributed by atoms with Crippen molar-refractivity contribution in [3.8, 4) is 0 Å². The van der Waals surface area contributed by atoms with E-state index in [4.69, 9.17) is 17.3 Å². The number of nitrogens with one attached hydrogen (secondary N) is 1. The minimum Gasteiger partial charge on any atom is -0.481 e. The molecular weight excluding hydrogens is 224 g/mol. The number of H-pyrrole nitrogens is 1. The topological polar surface area (TPSA) is 66.0 Å². The van der Waals surface area contributed by atoms with E-state index in [1.54, 1.807) is 0 Å². The molecule has 0 aromatic carbocycles. The lowest BCUT2D eigenvalue weighted by atomic mass is 9.83. The Hall–Kier alpha value is -1.23. The molecule has 5 heteroatoms. The van der Waals surface area contributed by atoms with Crippen molar-refractivity contribution in [3.63, 3.8) is 0 Å². The third kappa shape index (κ3) is 2.14. The van der Waals surface area contributed by atoms with Crippen LogP contribution in [0.15, 0.2) is 0 Å². The highest BCUT2D eigenvalue weighted by atomic mass is 32.1. The molecule has 0 radical (unpaired) electrons. The molecule has 0 aliphatic heterocycles. The van der Waals surface area contributed by atoms with Crippen molar-refractivity contribution >= 4 is 18.2 Å². The number of hydrogen-bond acceptors (Lipinski definition) is 3. The zero-order valence-corrected chi connectivity index (χ0v) is 9.93. The number of carboxylic acids is 1. The van der Waals surface area contributed by atoms with Crippen molar-refractivity contribution in [2.45, 2.75) is 38.5 Å². The molecule has 0 fully saturated rings. The number of aryl methyl sites for hydroxylation is 2. The number of fused-ring (bicyclic) bond motifs is 1. The van der Waals surface area contributed by atoms with Crippen LogP contribution in [0.5, 0.6) is 0 Å². The zero-order chi connectivity index (χ0) is 11.7. The van der Waals surface area contributed by atoms with E-state index in [0.29, 0.717) is 4.77 Å². The maximum absolute atomic E-state index is 10.8. The van der Waals surface area contributed by atoms with E-state index < -0.39 is 5.97 Å². The van der Waals surface area contributed by atoms with Crippen molar-refractivity contribution in [2.24, 2.45) is 0 Å². The SMILES string of the molecule is Cc1[nH]c(=S)nc2c1C(CC(=O)O)CCC2. The second kappa shape index (κ2) is 4.33.